The van der Waals surface area contributed by atoms with Crippen LogP contribution in [0.1, 0.15) is 33.1 Å². The molecule has 1 aromatic rings. The number of nitrogens with one attached hydrogen (secondary N) is 1. The smallest absolute Gasteiger partial charge is 0.292 e. The Morgan fingerprint density at radius 3 is 2.62 bits per heavy atom. The number of hydrogen-bond acceptors (Lipinski definition) is 3. The van der Waals surface area contributed by atoms with Crippen molar-refractivity contribution >= 4 is 11.4 Å². The number of benzene rings is 1. The lowest BCUT2D eigenvalue weighted by atomic mass is 10.1. The number of anilines is 1. The first-order chi connectivity index (χ1) is 7.69. The lowest BCUT2D eigenvalue weighted by Crippen LogP contribution is -2.18. The maximum atomic E-state index is 10.8. The van der Waals surface area contributed by atoms with E-state index in [0.29, 0.717) is 11.7 Å². The van der Waals surface area contributed by atoms with Gasteiger partial charge in [-0.25, -0.2) is 0 Å². The van der Waals surface area contributed by atoms with Gasteiger partial charge in [0.05, 0.1) is 4.92 Å². The first-order valence-electron chi connectivity index (χ1n) is 5.69. The van der Waals surface area contributed by atoms with Gasteiger partial charge >= 0.3 is 0 Å². The molecule has 0 aliphatic rings. The molecule has 16 heavy (non-hydrogen) atoms. The molecule has 1 N–H and O–H groups in total. The van der Waals surface area contributed by atoms with Gasteiger partial charge in [0.25, 0.3) is 5.69 Å². The van der Waals surface area contributed by atoms with Crippen LogP contribution in [0.4, 0.5) is 11.4 Å². The van der Waals surface area contributed by atoms with Gasteiger partial charge in [-0.15, -0.1) is 0 Å². The molecule has 0 heterocycles. The summed E-state index contributed by atoms with van der Waals surface area (Å²) < 4.78 is 0. The molecule has 4 nitrogen and oxygen atoms in total. The van der Waals surface area contributed by atoms with Gasteiger partial charge in [0.1, 0.15) is 5.69 Å². The Balaban J connectivity index is 2.82. The minimum Gasteiger partial charge on any atom is -0.377 e. The quantitative estimate of drug-likeness (QED) is 0.591. The van der Waals surface area contributed by atoms with Gasteiger partial charge in [-0.1, -0.05) is 32.4 Å². The molecule has 1 rings (SSSR count). The second-order valence-electron chi connectivity index (χ2n) is 3.81. The predicted molar refractivity (Wildman–Crippen MR) is 65.7 cm³/mol. The highest BCUT2D eigenvalue weighted by atomic mass is 16.6. The fourth-order valence-corrected chi connectivity index (χ4v) is 1.70. The van der Waals surface area contributed by atoms with Crippen molar-refractivity contribution in [2.75, 3.05) is 5.32 Å². The molecular weight excluding hydrogens is 204 g/mol. The fourth-order valence-electron chi connectivity index (χ4n) is 1.70. The monoisotopic (exact) mass is 222 g/mol. The van der Waals surface area contributed by atoms with E-state index in [1.165, 1.54) is 6.07 Å². The molecule has 0 radical (unpaired) electrons. The zero-order chi connectivity index (χ0) is 12.0. The van der Waals surface area contributed by atoms with E-state index >= 15 is 0 Å². The molecule has 0 bridgehead atoms. The lowest BCUT2D eigenvalue weighted by molar-refractivity contribution is -0.384. The minimum absolute atomic E-state index is 0.150. The van der Waals surface area contributed by atoms with Gasteiger partial charge in [0, 0.05) is 12.1 Å². The van der Waals surface area contributed by atoms with Crippen molar-refractivity contribution in [3.63, 3.8) is 0 Å². The van der Waals surface area contributed by atoms with Crippen molar-refractivity contribution < 1.29 is 4.92 Å². The van der Waals surface area contributed by atoms with Crippen LogP contribution in [-0.2, 0) is 0 Å². The molecular formula is C12H18N2O2. The average molecular weight is 222 g/mol. The first-order valence-corrected chi connectivity index (χ1v) is 5.69. The first kappa shape index (κ1) is 12.5. The normalized spacial score (nSPS) is 12.1. The van der Waals surface area contributed by atoms with Crippen LogP contribution in [0.3, 0.4) is 0 Å². The number of nitro benzene ring substituents is 1. The third-order valence-electron chi connectivity index (χ3n) is 2.59. The molecule has 1 aromatic carbocycles. The SMILES string of the molecule is CCCC(CC)Nc1ccccc1[N+](=O)[O-]. The summed E-state index contributed by atoms with van der Waals surface area (Å²) in [7, 11) is 0. The number of nitrogens with zero attached hydrogens (tertiary/aromatic N) is 1. The van der Waals surface area contributed by atoms with Gasteiger partial charge in [0.2, 0.25) is 0 Å². The number of hydrogen-bond donors (Lipinski definition) is 1. The number of nitro groups is 1. The summed E-state index contributed by atoms with van der Waals surface area (Å²) in [5.41, 5.74) is 0.768. The van der Waals surface area contributed by atoms with E-state index in [-0.39, 0.29) is 10.6 Å². The van der Waals surface area contributed by atoms with E-state index < -0.39 is 0 Å². The van der Waals surface area contributed by atoms with Crippen LogP contribution in [-0.4, -0.2) is 11.0 Å². The third-order valence-corrected chi connectivity index (χ3v) is 2.59. The van der Waals surface area contributed by atoms with Crippen LogP contribution in [0.15, 0.2) is 24.3 Å². The van der Waals surface area contributed by atoms with E-state index in [1.54, 1.807) is 12.1 Å². The highest BCUT2D eigenvalue weighted by Gasteiger charge is 2.14. The van der Waals surface area contributed by atoms with Crippen molar-refractivity contribution in [1.82, 2.24) is 0 Å². The van der Waals surface area contributed by atoms with Crippen LogP contribution in [0.5, 0.6) is 0 Å². The molecule has 0 amide bonds. The van der Waals surface area contributed by atoms with Crippen molar-refractivity contribution in [3.05, 3.63) is 34.4 Å². The second-order valence-corrected chi connectivity index (χ2v) is 3.81. The highest BCUT2D eigenvalue weighted by Crippen LogP contribution is 2.25. The minimum atomic E-state index is -0.346. The molecule has 1 unspecified atom stereocenters. The van der Waals surface area contributed by atoms with Gasteiger partial charge in [-0.3, -0.25) is 10.1 Å². The van der Waals surface area contributed by atoms with E-state index in [4.69, 9.17) is 0 Å². The molecule has 0 saturated carbocycles. The van der Waals surface area contributed by atoms with Crippen LogP contribution in [0.25, 0.3) is 0 Å². The standard InChI is InChI=1S/C12H18N2O2/c1-3-7-10(4-2)13-11-8-5-6-9-12(11)14(15)16/h5-6,8-10,13H,3-4,7H2,1-2H3. The van der Waals surface area contributed by atoms with E-state index in [9.17, 15) is 10.1 Å². The summed E-state index contributed by atoms with van der Waals surface area (Å²) in [6.45, 7) is 4.20. The summed E-state index contributed by atoms with van der Waals surface area (Å²) in [4.78, 5) is 10.5. The summed E-state index contributed by atoms with van der Waals surface area (Å²) >= 11 is 0. The summed E-state index contributed by atoms with van der Waals surface area (Å²) in [6, 6.07) is 7.10. The second kappa shape index (κ2) is 6.10. The Bertz CT molecular complexity index is 353. The topological polar surface area (TPSA) is 55.2 Å². The molecule has 0 spiro atoms. The Morgan fingerprint density at radius 1 is 1.38 bits per heavy atom. The molecule has 0 saturated heterocycles. The molecule has 4 heteroatoms. The van der Waals surface area contributed by atoms with Crippen LogP contribution in [0.2, 0.25) is 0 Å². The van der Waals surface area contributed by atoms with E-state index in [1.807, 2.05) is 6.07 Å². The molecule has 1 atom stereocenters. The average Bonchev–Trinajstić information content (AvgIpc) is 2.29. The van der Waals surface area contributed by atoms with E-state index in [2.05, 4.69) is 19.2 Å². The lowest BCUT2D eigenvalue weighted by Gasteiger charge is -2.17. The zero-order valence-corrected chi connectivity index (χ0v) is 9.77. The molecule has 88 valence electrons. The number of para-hydroxylation sites is 2. The summed E-state index contributed by atoms with van der Waals surface area (Å²) in [5.74, 6) is 0. The largest absolute Gasteiger partial charge is 0.377 e. The fraction of sp³-hybridized carbons (Fsp3) is 0.500. The van der Waals surface area contributed by atoms with Crippen molar-refractivity contribution in [2.24, 2.45) is 0 Å². The van der Waals surface area contributed by atoms with Gasteiger partial charge in [-0.2, -0.15) is 0 Å². The molecule has 0 aliphatic heterocycles. The Labute approximate surface area is 95.8 Å². The molecule has 0 aromatic heterocycles. The summed E-state index contributed by atoms with van der Waals surface area (Å²) in [5, 5.41) is 14.1. The maximum Gasteiger partial charge on any atom is 0.292 e. The van der Waals surface area contributed by atoms with Crippen LogP contribution >= 0.6 is 0 Å². The van der Waals surface area contributed by atoms with Crippen LogP contribution < -0.4 is 5.32 Å². The number of rotatable bonds is 6. The predicted octanol–water partition coefficient (Wildman–Crippen LogP) is 3.59. The maximum absolute atomic E-state index is 10.8. The van der Waals surface area contributed by atoms with Crippen molar-refractivity contribution in [3.8, 4) is 0 Å². The van der Waals surface area contributed by atoms with Crippen molar-refractivity contribution in [2.45, 2.75) is 39.2 Å². The zero-order valence-electron chi connectivity index (χ0n) is 9.77. The van der Waals surface area contributed by atoms with Gasteiger partial charge in [-0.05, 0) is 18.9 Å². The van der Waals surface area contributed by atoms with Gasteiger partial charge in [0.15, 0.2) is 0 Å². The molecule has 0 aliphatic carbocycles. The molecule has 0 fully saturated rings. The summed E-state index contributed by atoms with van der Waals surface area (Å²) in [6.07, 6.45) is 3.08. The Hall–Kier alpha value is -1.58. The van der Waals surface area contributed by atoms with Crippen molar-refractivity contribution in [1.29, 1.82) is 0 Å². The van der Waals surface area contributed by atoms with Gasteiger partial charge < -0.3 is 5.32 Å². The Kier molecular flexibility index (Phi) is 4.76. The third kappa shape index (κ3) is 3.22. The van der Waals surface area contributed by atoms with E-state index in [0.717, 1.165) is 19.3 Å². The Morgan fingerprint density at radius 2 is 2.06 bits per heavy atom. The highest BCUT2D eigenvalue weighted by molar-refractivity contribution is 5.61. The van der Waals surface area contributed by atoms with Crippen LogP contribution in [0, 0.1) is 10.1 Å².